The molecule has 0 saturated heterocycles. The van der Waals surface area contributed by atoms with Crippen LogP contribution in [0.4, 0.5) is 5.69 Å². The first-order chi connectivity index (χ1) is 8.06. The second-order valence-corrected chi connectivity index (χ2v) is 4.82. The predicted octanol–water partition coefficient (Wildman–Crippen LogP) is 4.04. The molecule has 0 N–H and O–H groups in total. The Morgan fingerprint density at radius 1 is 0.706 bits per heavy atom. The van der Waals surface area contributed by atoms with Crippen molar-refractivity contribution in [3.63, 3.8) is 0 Å². The molecule has 0 saturated carbocycles. The molecule has 0 aliphatic carbocycles. The SMILES string of the molecule is Cc1cc(C)cc(-c2ccc(N(C)C)cc2)c1. The summed E-state index contributed by atoms with van der Waals surface area (Å²) in [5.41, 5.74) is 6.45. The molecule has 2 rings (SSSR count). The van der Waals surface area contributed by atoms with Crippen LogP contribution in [0.2, 0.25) is 0 Å². The summed E-state index contributed by atoms with van der Waals surface area (Å²) in [6, 6.07) is 15.4. The standard InChI is InChI=1S/C16H19N/c1-12-9-13(2)11-15(10-12)14-5-7-16(8-6-14)17(3)4/h5-11H,1-4H3. The van der Waals surface area contributed by atoms with Crippen LogP contribution in [0, 0.1) is 13.8 Å². The fraction of sp³-hybridized carbons (Fsp3) is 0.250. The third kappa shape index (κ3) is 2.68. The van der Waals surface area contributed by atoms with Crippen molar-refractivity contribution in [1.82, 2.24) is 0 Å². The first-order valence-electron chi connectivity index (χ1n) is 5.92. The van der Waals surface area contributed by atoms with Gasteiger partial charge in [0.05, 0.1) is 0 Å². The highest BCUT2D eigenvalue weighted by atomic mass is 15.1. The lowest BCUT2D eigenvalue weighted by atomic mass is 10.0. The van der Waals surface area contributed by atoms with E-state index in [1.807, 2.05) is 0 Å². The molecule has 0 aromatic heterocycles. The van der Waals surface area contributed by atoms with Gasteiger partial charge in [-0.3, -0.25) is 0 Å². The summed E-state index contributed by atoms with van der Waals surface area (Å²) < 4.78 is 0. The number of anilines is 1. The highest BCUT2D eigenvalue weighted by Gasteiger charge is 2.00. The molecular formula is C16H19N. The quantitative estimate of drug-likeness (QED) is 0.745. The van der Waals surface area contributed by atoms with Crippen LogP contribution in [0.5, 0.6) is 0 Å². The van der Waals surface area contributed by atoms with E-state index >= 15 is 0 Å². The molecule has 1 heteroatoms. The predicted molar refractivity (Wildman–Crippen MR) is 75.7 cm³/mol. The zero-order chi connectivity index (χ0) is 12.4. The van der Waals surface area contributed by atoms with Gasteiger partial charge >= 0.3 is 0 Å². The smallest absolute Gasteiger partial charge is 0.0361 e. The Hall–Kier alpha value is -1.76. The largest absolute Gasteiger partial charge is 0.378 e. The lowest BCUT2D eigenvalue weighted by molar-refractivity contribution is 1.13. The van der Waals surface area contributed by atoms with Gasteiger partial charge in [-0.25, -0.2) is 0 Å². The van der Waals surface area contributed by atoms with Crippen LogP contribution in [0.1, 0.15) is 11.1 Å². The van der Waals surface area contributed by atoms with E-state index in [-0.39, 0.29) is 0 Å². The van der Waals surface area contributed by atoms with Crippen molar-refractivity contribution in [2.24, 2.45) is 0 Å². The van der Waals surface area contributed by atoms with E-state index in [2.05, 4.69) is 75.3 Å². The molecular weight excluding hydrogens is 206 g/mol. The molecule has 1 nitrogen and oxygen atoms in total. The Balaban J connectivity index is 2.39. The maximum absolute atomic E-state index is 2.23. The Kier molecular flexibility index (Phi) is 3.19. The number of aryl methyl sites for hydroxylation is 2. The van der Waals surface area contributed by atoms with Crippen molar-refractivity contribution < 1.29 is 0 Å². The summed E-state index contributed by atoms with van der Waals surface area (Å²) in [4.78, 5) is 2.12. The van der Waals surface area contributed by atoms with Crippen molar-refractivity contribution >= 4 is 5.69 Å². The van der Waals surface area contributed by atoms with Gasteiger partial charge in [-0.2, -0.15) is 0 Å². The van der Waals surface area contributed by atoms with E-state index in [0.29, 0.717) is 0 Å². The van der Waals surface area contributed by atoms with Crippen LogP contribution in [-0.2, 0) is 0 Å². The number of hydrogen-bond donors (Lipinski definition) is 0. The topological polar surface area (TPSA) is 3.24 Å². The van der Waals surface area contributed by atoms with Crippen LogP contribution in [0.25, 0.3) is 11.1 Å². The number of nitrogens with zero attached hydrogens (tertiary/aromatic N) is 1. The van der Waals surface area contributed by atoms with E-state index in [4.69, 9.17) is 0 Å². The van der Waals surface area contributed by atoms with E-state index in [9.17, 15) is 0 Å². The molecule has 0 bridgehead atoms. The summed E-state index contributed by atoms with van der Waals surface area (Å²) in [7, 11) is 4.12. The van der Waals surface area contributed by atoms with Crippen LogP contribution < -0.4 is 4.90 Å². The second kappa shape index (κ2) is 4.62. The van der Waals surface area contributed by atoms with Crippen LogP contribution in [0.15, 0.2) is 42.5 Å². The molecule has 88 valence electrons. The fourth-order valence-electron chi connectivity index (χ4n) is 2.09. The van der Waals surface area contributed by atoms with E-state index in [1.165, 1.54) is 27.9 Å². The number of benzene rings is 2. The van der Waals surface area contributed by atoms with Gasteiger partial charge in [-0.1, -0.05) is 41.5 Å². The Morgan fingerprint density at radius 3 is 1.71 bits per heavy atom. The minimum atomic E-state index is 1.23. The molecule has 17 heavy (non-hydrogen) atoms. The normalized spacial score (nSPS) is 10.4. The third-order valence-electron chi connectivity index (χ3n) is 2.94. The molecule has 0 aliphatic rings. The van der Waals surface area contributed by atoms with E-state index < -0.39 is 0 Å². The molecule has 0 radical (unpaired) electrons. The zero-order valence-electron chi connectivity index (χ0n) is 11.0. The first kappa shape index (κ1) is 11.7. The first-order valence-corrected chi connectivity index (χ1v) is 5.92. The summed E-state index contributed by atoms with van der Waals surface area (Å²) in [5, 5.41) is 0. The molecule has 0 amide bonds. The van der Waals surface area contributed by atoms with Gasteiger partial charge in [0.25, 0.3) is 0 Å². The Morgan fingerprint density at radius 2 is 1.24 bits per heavy atom. The highest BCUT2D eigenvalue weighted by Crippen LogP contribution is 2.24. The average Bonchev–Trinajstić information content (AvgIpc) is 2.28. The van der Waals surface area contributed by atoms with Gasteiger partial charge < -0.3 is 4.90 Å². The minimum Gasteiger partial charge on any atom is -0.378 e. The number of rotatable bonds is 2. The van der Waals surface area contributed by atoms with Crippen LogP contribution in [-0.4, -0.2) is 14.1 Å². The minimum absolute atomic E-state index is 1.23. The summed E-state index contributed by atoms with van der Waals surface area (Å²) in [6.45, 7) is 4.29. The number of hydrogen-bond acceptors (Lipinski definition) is 1. The average molecular weight is 225 g/mol. The lowest BCUT2D eigenvalue weighted by Crippen LogP contribution is -2.07. The van der Waals surface area contributed by atoms with Crippen molar-refractivity contribution in [1.29, 1.82) is 0 Å². The van der Waals surface area contributed by atoms with Gasteiger partial charge in [0, 0.05) is 19.8 Å². The van der Waals surface area contributed by atoms with E-state index in [0.717, 1.165) is 0 Å². The summed E-state index contributed by atoms with van der Waals surface area (Å²) in [6.07, 6.45) is 0. The third-order valence-corrected chi connectivity index (χ3v) is 2.94. The summed E-state index contributed by atoms with van der Waals surface area (Å²) in [5.74, 6) is 0. The molecule has 0 fully saturated rings. The molecule has 0 atom stereocenters. The Labute approximate surface area is 104 Å². The van der Waals surface area contributed by atoms with Gasteiger partial charge in [0.1, 0.15) is 0 Å². The Bertz CT molecular complexity index is 489. The van der Waals surface area contributed by atoms with Gasteiger partial charge in [-0.15, -0.1) is 0 Å². The molecule has 0 spiro atoms. The van der Waals surface area contributed by atoms with Gasteiger partial charge in [-0.05, 0) is 37.1 Å². The van der Waals surface area contributed by atoms with Crippen molar-refractivity contribution in [3.05, 3.63) is 53.6 Å². The molecule has 0 aliphatic heterocycles. The molecule has 2 aromatic carbocycles. The molecule has 0 heterocycles. The van der Waals surface area contributed by atoms with Crippen molar-refractivity contribution in [3.8, 4) is 11.1 Å². The van der Waals surface area contributed by atoms with Crippen LogP contribution >= 0.6 is 0 Å². The molecule has 0 unspecified atom stereocenters. The van der Waals surface area contributed by atoms with E-state index in [1.54, 1.807) is 0 Å². The maximum atomic E-state index is 2.23. The van der Waals surface area contributed by atoms with Crippen LogP contribution in [0.3, 0.4) is 0 Å². The van der Waals surface area contributed by atoms with Crippen molar-refractivity contribution in [2.75, 3.05) is 19.0 Å². The summed E-state index contributed by atoms with van der Waals surface area (Å²) >= 11 is 0. The van der Waals surface area contributed by atoms with Gasteiger partial charge in [0.15, 0.2) is 0 Å². The highest BCUT2D eigenvalue weighted by molar-refractivity contribution is 5.67. The monoisotopic (exact) mass is 225 g/mol. The second-order valence-electron chi connectivity index (χ2n) is 4.82. The zero-order valence-corrected chi connectivity index (χ0v) is 11.0. The van der Waals surface area contributed by atoms with Crippen molar-refractivity contribution in [2.45, 2.75) is 13.8 Å². The molecule has 2 aromatic rings. The van der Waals surface area contributed by atoms with Gasteiger partial charge in [0.2, 0.25) is 0 Å². The lowest BCUT2D eigenvalue weighted by Gasteiger charge is -2.13. The maximum Gasteiger partial charge on any atom is 0.0361 e. The fourth-order valence-corrected chi connectivity index (χ4v) is 2.09.